The number of hydrogen-bond acceptors (Lipinski definition) is 9. The third kappa shape index (κ3) is 15.3. The van der Waals surface area contributed by atoms with Gasteiger partial charge >= 0.3 is 12.4 Å². The molecule has 4 atom stereocenters. The minimum atomic E-state index is -4.35. The minimum absolute atomic E-state index is 0.0166. The van der Waals surface area contributed by atoms with Crippen molar-refractivity contribution in [2.75, 3.05) is 27.2 Å². The molecule has 2 aliphatic rings. The molecule has 81 heavy (non-hydrogen) atoms. The van der Waals surface area contributed by atoms with Crippen LogP contribution < -0.4 is 16.0 Å². The van der Waals surface area contributed by atoms with Crippen LogP contribution in [0.1, 0.15) is 124 Å². The van der Waals surface area contributed by atoms with Crippen molar-refractivity contribution in [2.45, 2.75) is 128 Å². The number of likely N-dealkylation sites (N-methyl/N-ethyl adjacent to an activating group) is 2. The maximum atomic E-state index is 13.1. The number of halogens is 6. The molecule has 0 radical (unpaired) electrons. The standard InChI is InChI=1S/C27H31F3N4O.C18H22F3N3.C16H17NO4S/c1-4-34-23-16-17-33(25(26(35)31-3)20-8-6-5-7-9-20)22(24(23)18(2)32-34)15-12-19-10-13-21(14-11-19)27(28,29)30;1-3-24-16-10-11-22-15(17(16)12(2)23-24)9-6-13-4-7-14(8-5-13)18(19,20)21;1-12-8-10-14(11-9-12)22(19,20)21-15(16(18)17-2)13-6-4-3-5-7-13/h5-11,13-14,22,25H,4,12,15-17H2,1-3H3,(H,31,35);4-5,7-8,15,22H,3,6,9-11H2,1-2H3;3-11,15H,1-2H3,(H,17,18)/t22-,25+;2*15-/m001/s1. The SMILES string of the molecule is CCn1nc(C)c2c1CCN([C@@H](C(=O)NC)c1ccccc1)[C@H]2CCc1ccc(C(F)(F)F)cc1.CCn1nc(C)c2c1CCN[C@H]2CCc1ccc(C(F)(F)F)cc1.CNC(=O)[C@H](OS(=O)(=O)c1ccc(C)cc1)c1ccccc1. The highest BCUT2D eigenvalue weighted by Gasteiger charge is 2.40. The van der Waals surface area contributed by atoms with E-state index in [1.807, 2.05) is 55.8 Å². The highest BCUT2D eigenvalue weighted by Crippen LogP contribution is 2.41. The minimum Gasteiger partial charge on any atom is -0.358 e. The fourth-order valence-corrected chi connectivity index (χ4v) is 11.6. The van der Waals surface area contributed by atoms with Gasteiger partial charge in [0.2, 0.25) is 5.91 Å². The molecule has 0 aliphatic carbocycles. The van der Waals surface area contributed by atoms with Crippen LogP contribution in [0.25, 0.3) is 0 Å². The Morgan fingerprint density at radius 3 is 1.62 bits per heavy atom. The van der Waals surface area contributed by atoms with Gasteiger partial charge in [0.25, 0.3) is 16.0 Å². The van der Waals surface area contributed by atoms with E-state index in [2.05, 4.69) is 44.5 Å². The predicted octanol–water partition coefficient (Wildman–Crippen LogP) is 11.5. The highest BCUT2D eigenvalue weighted by atomic mass is 32.2. The van der Waals surface area contributed by atoms with Crippen LogP contribution in [-0.2, 0) is 75.0 Å². The van der Waals surface area contributed by atoms with Gasteiger partial charge in [0.1, 0.15) is 6.04 Å². The van der Waals surface area contributed by atoms with E-state index in [1.165, 1.54) is 36.1 Å². The summed E-state index contributed by atoms with van der Waals surface area (Å²) < 4.78 is 111. The topological polar surface area (TPSA) is 152 Å². The highest BCUT2D eigenvalue weighted by molar-refractivity contribution is 7.86. The first-order chi connectivity index (χ1) is 38.6. The van der Waals surface area contributed by atoms with Crippen molar-refractivity contribution in [3.63, 3.8) is 0 Å². The Labute approximate surface area is 470 Å². The number of alkyl halides is 6. The van der Waals surface area contributed by atoms with Gasteiger partial charge in [0, 0.05) is 87.7 Å². The largest absolute Gasteiger partial charge is 0.416 e. The van der Waals surface area contributed by atoms with Gasteiger partial charge in [-0.2, -0.15) is 45.0 Å². The predicted molar refractivity (Wildman–Crippen MR) is 298 cm³/mol. The number of carbonyl (C=O) groups excluding carboxylic acids is 2. The molecule has 2 aromatic heterocycles. The molecular formula is C61H70F6N8O5S. The van der Waals surface area contributed by atoms with E-state index >= 15 is 0 Å². The molecule has 2 amide bonds. The van der Waals surface area contributed by atoms with E-state index in [0.717, 1.165) is 109 Å². The lowest BCUT2D eigenvalue weighted by molar-refractivity contribution is -0.138. The first-order valence-electron chi connectivity index (χ1n) is 27.0. The molecule has 13 nitrogen and oxygen atoms in total. The Balaban J connectivity index is 0.000000182. The van der Waals surface area contributed by atoms with Crippen LogP contribution in [0.3, 0.4) is 0 Å². The Bertz CT molecular complexity index is 3300. The first kappa shape index (κ1) is 61.5. The lowest BCUT2D eigenvalue weighted by Gasteiger charge is -2.41. The summed E-state index contributed by atoms with van der Waals surface area (Å²) in [4.78, 5) is 27.4. The van der Waals surface area contributed by atoms with E-state index in [0.29, 0.717) is 24.9 Å². The summed E-state index contributed by atoms with van der Waals surface area (Å²) in [5.74, 6) is -0.610. The van der Waals surface area contributed by atoms with E-state index in [1.54, 1.807) is 73.8 Å². The molecule has 4 heterocycles. The van der Waals surface area contributed by atoms with Gasteiger partial charge in [-0.25, -0.2) is 4.18 Å². The van der Waals surface area contributed by atoms with Crippen molar-refractivity contribution in [1.29, 1.82) is 0 Å². The van der Waals surface area contributed by atoms with Gasteiger partial charge in [0.05, 0.1) is 27.4 Å². The molecule has 9 rings (SSSR count). The lowest BCUT2D eigenvalue weighted by atomic mass is 9.88. The van der Waals surface area contributed by atoms with E-state index in [9.17, 15) is 44.3 Å². The average molecular weight is 1140 g/mol. The molecular weight excluding hydrogens is 1070 g/mol. The van der Waals surface area contributed by atoms with Gasteiger partial charge in [0.15, 0.2) is 6.10 Å². The zero-order chi connectivity index (χ0) is 58.6. The summed E-state index contributed by atoms with van der Waals surface area (Å²) in [6.45, 7) is 13.3. The van der Waals surface area contributed by atoms with E-state index < -0.39 is 51.7 Å². The van der Waals surface area contributed by atoms with Crippen molar-refractivity contribution >= 4 is 21.9 Å². The number of nitrogens with one attached hydrogen (secondary N) is 3. The maximum Gasteiger partial charge on any atom is 0.416 e. The molecule has 432 valence electrons. The molecule has 0 bridgehead atoms. The van der Waals surface area contributed by atoms with E-state index in [-0.39, 0.29) is 22.9 Å². The summed E-state index contributed by atoms with van der Waals surface area (Å²) in [5.41, 5.74) is 9.72. The summed E-state index contributed by atoms with van der Waals surface area (Å²) in [6.07, 6.45) is -5.25. The third-order valence-electron chi connectivity index (χ3n) is 14.7. The summed E-state index contributed by atoms with van der Waals surface area (Å²) in [5, 5.41) is 18.1. The zero-order valence-electron chi connectivity index (χ0n) is 46.5. The van der Waals surface area contributed by atoms with Crippen molar-refractivity contribution in [3.05, 3.63) is 206 Å². The van der Waals surface area contributed by atoms with Crippen molar-refractivity contribution in [1.82, 2.24) is 40.4 Å². The Hall–Kier alpha value is -7.13. The number of aryl methyl sites for hydroxylation is 7. The summed E-state index contributed by atoms with van der Waals surface area (Å²) >= 11 is 0. The number of hydrogen-bond donors (Lipinski definition) is 3. The summed E-state index contributed by atoms with van der Waals surface area (Å²) in [7, 11) is -0.966. The number of rotatable bonds is 16. The van der Waals surface area contributed by atoms with Crippen LogP contribution in [0.2, 0.25) is 0 Å². The molecule has 7 aromatic rings. The van der Waals surface area contributed by atoms with Gasteiger partial charge in [-0.1, -0.05) is 103 Å². The first-order valence-corrected chi connectivity index (χ1v) is 28.5. The van der Waals surface area contributed by atoms with Crippen LogP contribution >= 0.6 is 0 Å². The second-order valence-corrected chi connectivity index (χ2v) is 21.5. The molecule has 2 aliphatic heterocycles. The molecule has 0 unspecified atom stereocenters. The molecule has 0 spiro atoms. The van der Waals surface area contributed by atoms with Crippen LogP contribution in [-0.4, -0.2) is 71.9 Å². The van der Waals surface area contributed by atoms with Crippen molar-refractivity contribution < 1.29 is 48.5 Å². The van der Waals surface area contributed by atoms with Crippen LogP contribution in [0.5, 0.6) is 0 Å². The number of aromatic nitrogens is 4. The molecule has 5 aromatic carbocycles. The van der Waals surface area contributed by atoms with Crippen molar-refractivity contribution in [2.24, 2.45) is 0 Å². The fourth-order valence-electron chi connectivity index (χ4n) is 10.6. The van der Waals surface area contributed by atoms with Crippen LogP contribution in [0.15, 0.2) is 138 Å². The number of amides is 2. The third-order valence-corrected chi connectivity index (χ3v) is 16.0. The Kier molecular flexibility index (Phi) is 20.6. The van der Waals surface area contributed by atoms with Crippen LogP contribution in [0.4, 0.5) is 26.3 Å². The number of benzene rings is 5. The molecule has 0 fully saturated rings. The maximum absolute atomic E-state index is 13.1. The molecule has 0 saturated heterocycles. The monoisotopic (exact) mass is 1140 g/mol. The quantitative estimate of drug-likeness (QED) is 0.0634. The second-order valence-electron chi connectivity index (χ2n) is 19.9. The Morgan fingerprint density at radius 2 is 1.12 bits per heavy atom. The van der Waals surface area contributed by atoms with Gasteiger partial charge in [-0.05, 0) is 119 Å². The fraction of sp³-hybridized carbons (Fsp3) is 0.377. The lowest BCUT2D eigenvalue weighted by Crippen LogP contribution is -2.45. The molecule has 20 heteroatoms. The zero-order valence-corrected chi connectivity index (χ0v) is 47.4. The number of nitrogens with zero attached hydrogens (tertiary/aromatic N) is 5. The van der Waals surface area contributed by atoms with Gasteiger partial charge < -0.3 is 16.0 Å². The molecule has 0 saturated carbocycles. The Morgan fingerprint density at radius 1 is 0.642 bits per heavy atom. The van der Waals surface area contributed by atoms with Gasteiger partial charge in [-0.15, -0.1) is 0 Å². The van der Waals surface area contributed by atoms with E-state index in [4.69, 9.17) is 9.28 Å². The van der Waals surface area contributed by atoms with Crippen molar-refractivity contribution in [3.8, 4) is 0 Å². The normalized spacial score (nSPS) is 16.1. The smallest absolute Gasteiger partial charge is 0.358 e. The molecule has 3 N–H and O–H groups in total. The summed E-state index contributed by atoms with van der Waals surface area (Å²) in [6, 6.07) is 35.0. The van der Waals surface area contributed by atoms with Crippen LogP contribution in [0, 0.1) is 20.8 Å². The van der Waals surface area contributed by atoms with Gasteiger partial charge in [-0.3, -0.25) is 23.9 Å². The number of fused-ring (bicyclic) bond motifs is 2. The second kappa shape index (κ2) is 27.1. The average Bonchev–Trinajstić information content (AvgIpc) is 4.05. The number of carbonyl (C=O) groups is 2.